The third-order valence-electron chi connectivity index (χ3n) is 9.97. The van der Waals surface area contributed by atoms with Crippen LogP contribution < -0.4 is 0 Å². The normalized spacial score (nSPS) is 12.5. The molecule has 0 radical (unpaired) electrons. The molecule has 4 heterocycles. The Bertz CT molecular complexity index is 2920. The van der Waals surface area contributed by atoms with E-state index in [4.69, 9.17) is 0 Å². The molecule has 0 spiro atoms. The van der Waals surface area contributed by atoms with Crippen molar-refractivity contribution in [1.29, 1.82) is 0 Å². The van der Waals surface area contributed by atoms with Crippen LogP contribution in [-0.2, 0) is 0 Å². The lowest BCUT2D eigenvalue weighted by molar-refractivity contribution is 1.37. The average Bonchev–Trinajstić information content (AvgIpc) is 3.81. The molecule has 0 amide bonds. The Hall–Kier alpha value is -5.86. The van der Waals surface area contributed by atoms with Crippen LogP contribution in [0.25, 0.3) is 98.4 Å². The van der Waals surface area contributed by atoms with Crippen molar-refractivity contribution in [3.05, 3.63) is 146 Å². The van der Waals surface area contributed by atoms with Crippen molar-refractivity contribution in [3.63, 3.8) is 0 Å². The lowest BCUT2D eigenvalue weighted by atomic mass is 9.94. The van der Waals surface area contributed by atoms with Crippen LogP contribution in [0.4, 0.5) is 0 Å². The number of fused-ring (bicyclic) bond motifs is 12. The Kier molecular flexibility index (Phi) is 4.10. The Balaban J connectivity index is 1.31. The van der Waals surface area contributed by atoms with Crippen molar-refractivity contribution < 1.29 is 0 Å². The maximum atomic E-state index is 2.48. The molecule has 0 atom stereocenters. The lowest BCUT2D eigenvalue weighted by Gasteiger charge is -2.08. The van der Waals surface area contributed by atoms with E-state index < -0.39 is 0 Å². The highest BCUT2D eigenvalue weighted by Gasteiger charge is 2.23. The van der Waals surface area contributed by atoms with Gasteiger partial charge >= 0.3 is 0 Å². The van der Waals surface area contributed by atoms with Gasteiger partial charge in [-0.3, -0.25) is 0 Å². The minimum absolute atomic E-state index is 1.24. The molecular formula is C42H24N2. The number of rotatable bonds is 2. The molecule has 11 rings (SSSR count). The molecule has 2 nitrogen and oxygen atoms in total. The SMILES string of the molecule is c1ccc(-c2ccc3c(c2)c2cc(-c4ccc5c6ccccc6n6c7ccccc7c4c56)cc4c5ccccc5n3c42)cc1. The second-order valence-corrected chi connectivity index (χ2v) is 12.1. The van der Waals surface area contributed by atoms with Gasteiger partial charge in [-0.25, -0.2) is 0 Å². The van der Waals surface area contributed by atoms with Gasteiger partial charge in [0.15, 0.2) is 0 Å². The van der Waals surface area contributed by atoms with Gasteiger partial charge in [0.25, 0.3) is 0 Å². The molecule has 0 fully saturated rings. The van der Waals surface area contributed by atoms with Crippen molar-refractivity contribution in [2.45, 2.75) is 0 Å². The van der Waals surface area contributed by atoms with Crippen LogP contribution in [0.1, 0.15) is 0 Å². The molecule has 4 aromatic heterocycles. The van der Waals surface area contributed by atoms with E-state index in [1.165, 1.54) is 98.4 Å². The summed E-state index contributed by atoms with van der Waals surface area (Å²) >= 11 is 0. The molecule has 0 aliphatic carbocycles. The van der Waals surface area contributed by atoms with Crippen molar-refractivity contribution in [2.24, 2.45) is 0 Å². The fourth-order valence-corrected chi connectivity index (χ4v) is 8.17. The second-order valence-electron chi connectivity index (χ2n) is 12.1. The summed E-state index contributed by atoms with van der Waals surface area (Å²) in [5, 5.41) is 10.5. The Morgan fingerprint density at radius 2 is 0.841 bits per heavy atom. The highest BCUT2D eigenvalue weighted by molar-refractivity contribution is 6.29. The second kappa shape index (κ2) is 7.94. The van der Waals surface area contributed by atoms with Crippen molar-refractivity contribution in [1.82, 2.24) is 8.80 Å². The third-order valence-corrected chi connectivity index (χ3v) is 9.97. The van der Waals surface area contributed by atoms with Crippen molar-refractivity contribution in [3.8, 4) is 22.3 Å². The zero-order valence-corrected chi connectivity index (χ0v) is 23.8. The number of nitrogens with zero attached hydrogens (tertiary/aromatic N) is 2. The predicted octanol–water partition coefficient (Wildman–Crippen LogP) is 11.3. The molecule has 0 unspecified atom stereocenters. The summed E-state index contributed by atoms with van der Waals surface area (Å²) in [6.45, 7) is 0. The molecule has 0 saturated heterocycles. The van der Waals surface area contributed by atoms with Gasteiger partial charge in [-0.1, -0.05) is 103 Å². The van der Waals surface area contributed by atoms with Gasteiger partial charge < -0.3 is 8.80 Å². The standard InChI is InChI=1S/C42H24N2/c1-2-10-25(11-3-1)26-18-21-39-33(22-26)35-24-27(23-34-30-13-5-8-16-37(30)43(39)41(34)35)28-19-20-31-29-12-4-7-15-36(29)44-38-17-9-6-14-32(38)40(28)42(31)44/h1-24H. The number of aromatic nitrogens is 2. The summed E-state index contributed by atoms with van der Waals surface area (Å²) < 4.78 is 4.95. The highest BCUT2D eigenvalue weighted by atomic mass is 14.9. The van der Waals surface area contributed by atoms with E-state index >= 15 is 0 Å². The minimum Gasteiger partial charge on any atom is -0.308 e. The summed E-state index contributed by atoms with van der Waals surface area (Å²) in [6.07, 6.45) is 0. The average molecular weight is 557 g/mol. The van der Waals surface area contributed by atoms with Crippen molar-refractivity contribution in [2.75, 3.05) is 0 Å². The quantitative estimate of drug-likeness (QED) is 0.200. The molecule has 0 aliphatic rings. The van der Waals surface area contributed by atoms with Crippen LogP contribution in [0.5, 0.6) is 0 Å². The first-order valence-electron chi connectivity index (χ1n) is 15.3. The van der Waals surface area contributed by atoms with Gasteiger partial charge in [0.1, 0.15) is 0 Å². The molecule has 0 N–H and O–H groups in total. The van der Waals surface area contributed by atoms with Crippen LogP contribution in [0, 0.1) is 0 Å². The van der Waals surface area contributed by atoms with Crippen LogP contribution in [0.2, 0.25) is 0 Å². The third kappa shape index (κ3) is 2.68. The molecule has 0 aliphatic heterocycles. The van der Waals surface area contributed by atoms with E-state index in [9.17, 15) is 0 Å². The van der Waals surface area contributed by atoms with Gasteiger partial charge in [-0.05, 0) is 64.7 Å². The van der Waals surface area contributed by atoms with E-state index in [1.807, 2.05) is 0 Å². The molecule has 44 heavy (non-hydrogen) atoms. The summed E-state index contributed by atoms with van der Waals surface area (Å²) in [6, 6.07) is 53.9. The number of para-hydroxylation sites is 3. The number of hydrogen-bond donors (Lipinski definition) is 0. The zero-order valence-electron chi connectivity index (χ0n) is 23.8. The summed E-state index contributed by atoms with van der Waals surface area (Å²) in [7, 11) is 0. The topological polar surface area (TPSA) is 8.82 Å². The Labute approximate surface area is 252 Å². The maximum absolute atomic E-state index is 2.48. The lowest BCUT2D eigenvalue weighted by Crippen LogP contribution is -1.82. The summed E-state index contributed by atoms with van der Waals surface area (Å²) in [5.41, 5.74) is 12.7. The van der Waals surface area contributed by atoms with E-state index in [1.54, 1.807) is 0 Å². The van der Waals surface area contributed by atoms with Gasteiger partial charge in [0.05, 0.1) is 33.1 Å². The molecule has 202 valence electrons. The first-order valence-corrected chi connectivity index (χ1v) is 15.3. The predicted molar refractivity (Wildman–Crippen MR) is 187 cm³/mol. The van der Waals surface area contributed by atoms with Crippen LogP contribution in [-0.4, -0.2) is 8.80 Å². The first kappa shape index (κ1) is 22.7. The fourth-order valence-electron chi connectivity index (χ4n) is 8.17. The van der Waals surface area contributed by atoms with Gasteiger partial charge in [-0.2, -0.15) is 0 Å². The molecule has 11 aromatic rings. The highest BCUT2D eigenvalue weighted by Crippen LogP contribution is 2.47. The van der Waals surface area contributed by atoms with Gasteiger partial charge in [0.2, 0.25) is 0 Å². The maximum Gasteiger partial charge on any atom is 0.0626 e. The van der Waals surface area contributed by atoms with Gasteiger partial charge in [-0.15, -0.1) is 0 Å². The monoisotopic (exact) mass is 556 g/mol. The minimum atomic E-state index is 1.24. The number of hydrogen-bond acceptors (Lipinski definition) is 0. The van der Waals surface area contributed by atoms with E-state index in [-0.39, 0.29) is 0 Å². The fraction of sp³-hybridized carbons (Fsp3) is 0. The Morgan fingerprint density at radius 3 is 1.59 bits per heavy atom. The largest absolute Gasteiger partial charge is 0.308 e. The number of benzene rings is 7. The van der Waals surface area contributed by atoms with Crippen LogP contribution in [0.3, 0.4) is 0 Å². The molecule has 7 aromatic carbocycles. The molecule has 2 heteroatoms. The van der Waals surface area contributed by atoms with Gasteiger partial charge in [0, 0.05) is 43.1 Å². The van der Waals surface area contributed by atoms with E-state index in [2.05, 4.69) is 154 Å². The molecule has 0 saturated carbocycles. The van der Waals surface area contributed by atoms with E-state index in [0.717, 1.165) is 0 Å². The zero-order chi connectivity index (χ0) is 28.5. The van der Waals surface area contributed by atoms with E-state index in [0.29, 0.717) is 0 Å². The first-order chi connectivity index (χ1) is 21.8. The van der Waals surface area contributed by atoms with Crippen molar-refractivity contribution >= 4 is 76.2 Å². The molecule has 0 bridgehead atoms. The molecular weight excluding hydrogens is 532 g/mol. The summed E-state index contributed by atoms with van der Waals surface area (Å²) in [5.74, 6) is 0. The Morgan fingerprint density at radius 1 is 0.295 bits per heavy atom. The smallest absolute Gasteiger partial charge is 0.0626 e. The van der Waals surface area contributed by atoms with Crippen LogP contribution >= 0.6 is 0 Å². The van der Waals surface area contributed by atoms with Crippen LogP contribution in [0.15, 0.2) is 146 Å². The summed E-state index contributed by atoms with van der Waals surface area (Å²) in [4.78, 5) is 0.